The van der Waals surface area contributed by atoms with Gasteiger partial charge in [-0.15, -0.1) is 6.58 Å². The third kappa shape index (κ3) is 7.12. The second kappa shape index (κ2) is 14.0. The van der Waals surface area contributed by atoms with Crippen LogP contribution in [0, 0.1) is 17.8 Å². The molecule has 0 aliphatic carbocycles. The minimum atomic E-state index is -1.05. The zero-order valence-electron chi connectivity index (χ0n) is 29.1. The normalized spacial score (nSPS) is 44.7. The maximum atomic E-state index is 13.9. The molecule has 4 fully saturated rings. The van der Waals surface area contributed by atoms with Gasteiger partial charge in [-0.05, 0) is 67.0 Å². The molecule has 0 radical (unpaired) electrons. The molecular weight excluding hydrogens is 578 g/mol. The van der Waals surface area contributed by atoms with Crippen LogP contribution in [0.15, 0.2) is 12.7 Å². The van der Waals surface area contributed by atoms with E-state index in [0.717, 1.165) is 6.42 Å². The lowest BCUT2D eigenvalue weighted by molar-refractivity contribution is -0.282. The van der Waals surface area contributed by atoms with Gasteiger partial charge in [0.15, 0.2) is 11.9 Å². The van der Waals surface area contributed by atoms with Crippen LogP contribution in [0.5, 0.6) is 0 Å². The van der Waals surface area contributed by atoms with Crippen LogP contribution in [0.4, 0.5) is 4.79 Å². The fourth-order valence-electron chi connectivity index (χ4n) is 8.48. The lowest BCUT2D eigenvalue weighted by Crippen LogP contribution is -2.56. The smallest absolute Gasteiger partial charge is 0.412 e. The van der Waals surface area contributed by atoms with E-state index in [1.54, 1.807) is 11.0 Å². The summed E-state index contributed by atoms with van der Waals surface area (Å²) in [6.45, 7) is 21.2. The highest BCUT2D eigenvalue weighted by Crippen LogP contribution is 2.43. The van der Waals surface area contributed by atoms with Crippen molar-refractivity contribution in [1.82, 2.24) is 14.7 Å². The maximum absolute atomic E-state index is 13.9. The van der Waals surface area contributed by atoms with Crippen LogP contribution in [-0.2, 0) is 33.3 Å². The van der Waals surface area contributed by atoms with E-state index in [4.69, 9.17) is 23.7 Å². The van der Waals surface area contributed by atoms with Crippen LogP contribution < -0.4 is 0 Å². The number of hydrogen-bond donors (Lipinski definition) is 0. The zero-order valence-corrected chi connectivity index (χ0v) is 29.1. The van der Waals surface area contributed by atoms with Crippen molar-refractivity contribution in [2.75, 3.05) is 33.9 Å². The topological polar surface area (TPSA) is 107 Å². The average Bonchev–Trinajstić information content (AvgIpc) is 3.42. The van der Waals surface area contributed by atoms with E-state index in [9.17, 15) is 14.4 Å². The Morgan fingerprint density at radius 3 is 2.42 bits per heavy atom. The van der Waals surface area contributed by atoms with Crippen molar-refractivity contribution in [3.05, 3.63) is 12.7 Å². The zero-order chi connectivity index (χ0) is 33.4. The van der Waals surface area contributed by atoms with Gasteiger partial charge in [-0.3, -0.25) is 19.4 Å². The average molecular weight is 636 g/mol. The van der Waals surface area contributed by atoms with Crippen LogP contribution in [0.3, 0.4) is 0 Å². The molecule has 11 nitrogen and oxygen atoms in total. The van der Waals surface area contributed by atoms with Crippen LogP contribution in [0.25, 0.3) is 0 Å². The van der Waals surface area contributed by atoms with Gasteiger partial charge in [0.05, 0.1) is 37.1 Å². The van der Waals surface area contributed by atoms with Gasteiger partial charge >= 0.3 is 12.1 Å². The Labute approximate surface area is 269 Å². The molecule has 4 saturated heterocycles. The molecule has 0 N–H and O–H groups in total. The van der Waals surface area contributed by atoms with Crippen molar-refractivity contribution in [3.8, 4) is 0 Å². The highest BCUT2D eigenvalue weighted by molar-refractivity contribution is 5.97. The molecule has 0 spiro atoms. The molecule has 0 aromatic rings. The summed E-state index contributed by atoms with van der Waals surface area (Å²) >= 11 is 0. The second-order valence-corrected chi connectivity index (χ2v) is 14.7. The van der Waals surface area contributed by atoms with Crippen molar-refractivity contribution in [2.45, 2.75) is 135 Å². The molecule has 1 amide bonds. The molecule has 11 heteroatoms. The number of esters is 1. The standard InChI is InChI=1S/C34H57N3O8/c1-12-14-41-33(8)17-20(3)18-36-19-37-29(24(36)7)34(9,45-32(37)40)27(13-2)43-28(39)16-26(38)23(6)30(33)44-31-22(5)25(35(10)11)15-21(4)42-31/h12,20-25,27,29-31H,1,13-19H2,2-11H3/t20-,21?,22?,23+,24-,25?,27-,29-,30-,31+,33-,34-/m1/s1. The fraction of sp³-hybridized carbons (Fsp3) is 0.853. The SMILES string of the molecule is C=CCO[C@]1(C)C[C@@H](C)CN2CN3C(=O)O[C@](C)([C@@H](CC)OC(=O)CC(=O)[C@H](C)[C@H]1O[C@@H]1OC(C)CC(N(C)C)C1C)[C@H]3[C@H]2C. The Morgan fingerprint density at radius 1 is 1.11 bits per heavy atom. The summed E-state index contributed by atoms with van der Waals surface area (Å²) in [5, 5.41) is 0. The molecular formula is C34H57N3O8. The highest BCUT2D eigenvalue weighted by Gasteiger charge is 2.62. The van der Waals surface area contributed by atoms with E-state index in [1.165, 1.54) is 0 Å². The van der Waals surface area contributed by atoms with Gasteiger partial charge in [0.2, 0.25) is 0 Å². The number of hydrogen-bond acceptors (Lipinski definition) is 10. The monoisotopic (exact) mass is 635 g/mol. The third-order valence-corrected chi connectivity index (χ3v) is 10.7. The number of amides is 1. The number of fused-ring (bicyclic) bond motifs is 1. The van der Waals surface area contributed by atoms with Crippen LogP contribution >= 0.6 is 0 Å². The fourth-order valence-corrected chi connectivity index (χ4v) is 8.48. The van der Waals surface area contributed by atoms with Crippen LogP contribution in [0.1, 0.15) is 81.1 Å². The number of ketones is 1. The Kier molecular flexibility index (Phi) is 11.1. The molecule has 4 aliphatic rings. The minimum absolute atomic E-state index is 0.0247. The van der Waals surface area contributed by atoms with E-state index >= 15 is 0 Å². The minimum Gasteiger partial charge on any atom is -0.458 e. The first-order valence-corrected chi connectivity index (χ1v) is 16.7. The summed E-state index contributed by atoms with van der Waals surface area (Å²) in [5.41, 5.74) is -1.97. The van der Waals surface area contributed by atoms with Gasteiger partial charge in [0.25, 0.3) is 0 Å². The Bertz CT molecular complexity index is 1100. The highest BCUT2D eigenvalue weighted by atomic mass is 16.7. The first-order chi connectivity index (χ1) is 21.1. The predicted molar refractivity (Wildman–Crippen MR) is 169 cm³/mol. The van der Waals surface area contributed by atoms with Gasteiger partial charge < -0.3 is 28.6 Å². The molecule has 4 unspecified atom stereocenters. The van der Waals surface area contributed by atoms with Gasteiger partial charge in [0, 0.05) is 30.5 Å². The molecule has 0 aromatic heterocycles. The summed E-state index contributed by atoms with van der Waals surface area (Å²) in [7, 11) is 4.12. The molecule has 256 valence electrons. The lowest BCUT2D eigenvalue weighted by Gasteiger charge is -2.47. The van der Waals surface area contributed by atoms with Crippen LogP contribution in [0.2, 0.25) is 0 Å². The molecule has 4 heterocycles. The summed E-state index contributed by atoms with van der Waals surface area (Å²) in [6.07, 6.45) is 0.699. The van der Waals surface area contributed by atoms with E-state index in [2.05, 4.69) is 51.2 Å². The first-order valence-electron chi connectivity index (χ1n) is 16.7. The van der Waals surface area contributed by atoms with Gasteiger partial charge in [-0.1, -0.05) is 33.8 Å². The quantitative estimate of drug-likeness (QED) is 0.229. The molecule has 45 heavy (non-hydrogen) atoms. The van der Waals surface area contributed by atoms with Crippen molar-refractivity contribution >= 4 is 17.8 Å². The van der Waals surface area contributed by atoms with Crippen LogP contribution in [-0.4, -0.2) is 120 Å². The molecule has 2 bridgehead atoms. The predicted octanol–water partition coefficient (Wildman–Crippen LogP) is 4.23. The molecule has 0 aromatic carbocycles. The first kappa shape index (κ1) is 35.8. The number of nitrogens with zero attached hydrogens (tertiary/aromatic N) is 3. The summed E-state index contributed by atoms with van der Waals surface area (Å²) in [6, 6.07) is -0.116. The molecule has 4 rings (SSSR count). The van der Waals surface area contributed by atoms with Crippen molar-refractivity contribution in [3.63, 3.8) is 0 Å². The van der Waals surface area contributed by atoms with E-state index in [1.807, 2.05) is 34.6 Å². The largest absolute Gasteiger partial charge is 0.458 e. The number of cyclic esters (lactones) is 1. The Hall–Kier alpha value is -2.05. The maximum Gasteiger partial charge on any atom is 0.412 e. The number of rotatable bonds is 7. The summed E-state index contributed by atoms with van der Waals surface area (Å²) in [4.78, 5) is 46.7. The van der Waals surface area contributed by atoms with E-state index < -0.39 is 54.1 Å². The van der Waals surface area contributed by atoms with Gasteiger partial charge in [0.1, 0.15) is 18.3 Å². The Balaban J connectivity index is 1.74. The third-order valence-electron chi connectivity index (χ3n) is 10.7. The summed E-state index contributed by atoms with van der Waals surface area (Å²) in [5.74, 6) is -1.53. The summed E-state index contributed by atoms with van der Waals surface area (Å²) < 4.78 is 31.7. The van der Waals surface area contributed by atoms with Gasteiger partial charge in [-0.2, -0.15) is 0 Å². The number of carbonyl (C=O) groups excluding carboxylic acids is 3. The van der Waals surface area contributed by atoms with Crippen molar-refractivity contribution < 1.29 is 38.1 Å². The lowest BCUT2D eigenvalue weighted by atomic mass is 9.79. The second-order valence-electron chi connectivity index (χ2n) is 14.7. The molecule has 13 atom stereocenters. The Morgan fingerprint density at radius 2 is 1.80 bits per heavy atom. The number of carbonyl (C=O) groups is 3. The molecule has 0 saturated carbocycles. The van der Waals surface area contributed by atoms with E-state index in [0.29, 0.717) is 26.1 Å². The number of Topliss-reactive ketones (excluding diaryl/α,β-unsaturated/α-hetero) is 1. The number of ether oxygens (including phenoxy) is 5. The molecule has 4 aliphatic heterocycles. The van der Waals surface area contributed by atoms with Crippen molar-refractivity contribution in [1.29, 1.82) is 0 Å². The van der Waals surface area contributed by atoms with Gasteiger partial charge in [-0.25, -0.2) is 4.79 Å². The van der Waals surface area contributed by atoms with E-state index in [-0.39, 0.29) is 48.5 Å². The van der Waals surface area contributed by atoms with Crippen molar-refractivity contribution in [2.24, 2.45) is 17.8 Å².